The highest BCUT2D eigenvalue weighted by atomic mass is 16.1. The summed E-state index contributed by atoms with van der Waals surface area (Å²) in [7, 11) is 5.98. The van der Waals surface area contributed by atoms with Gasteiger partial charge in [0.05, 0.1) is 0 Å². The van der Waals surface area contributed by atoms with Crippen molar-refractivity contribution in [2.75, 3.05) is 5.32 Å². The summed E-state index contributed by atoms with van der Waals surface area (Å²) in [5.41, 5.74) is 3.75. The molecule has 2 nitrogen and oxygen atoms in total. The Kier molecular flexibility index (Phi) is 3.42. The van der Waals surface area contributed by atoms with Gasteiger partial charge in [-0.1, -0.05) is 48.5 Å². The Bertz CT molecular complexity index is 664. The minimum atomic E-state index is -0.727. The van der Waals surface area contributed by atoms with Crippen LogP contribution in [-0.2, 0) is 11.2 Å². The molecular weight excluding hydrogens is 245 g/mol. The van der Waals surface area contributed by atoms with E-state index in [1.807, 2.05) is 60.7 Å². The SMILES string of the molecule is [B]C(Nc1ccccc1)C(=O)C1=CCc2ccccc21. The fourth-order valence-corrected chi connectivity index (χ4v) is 2.46. The van der Waals surface area contributed by atoms with Crippen LogP contribution in [0.15, 0.2) is 60.7 Å². The first kappa shape index (κ1) is 12.7. The van der Waals surface area contributed by atoms with Crippen molar-refractivity contribution < 1.29 is 4.79 Å². The molecule has 1 aliphatic carbocycles. The van der Waals surface area contributed by atoms with Gasteiger partial charge in [-0.25, -0.2) is 0 Å². The lowest BCUT2D eigenvalue weighted by Crippen LogP contribution is -2.30. The summed E-state index contributed by atoms with van der Waals surface area (Å²) in [6, 6.07) is 17.5. The smallest absolute Gasteiger partial charge is 0.175 e. The van der Waals surface area contributed by atoms with Gasteiger partial charge < -0.3 is 5.32 Å². The second kappa shape index (κ2) is 5.37. The lowest BCUT2D eigenvalue weighted by Gasteiger charge is -2.16. The third-order valence-corrected chi connectivity index (χ3v) is 3.48. The maximum absolute atomic E-state index is 12.5. The molecule has 0 amide bonds. The molecule has 1 atom stereocenters. The summed E-state index contributed by atoms with van der Waals surface area (Å²) < 4.78 is 0. The van der Waals surface area contributed by atoms with Crippen molar-refractivity contribution in [3.05, 3.63) is 71.8 Å². The Hall–Kier alpha value is -2.29. The van der Waals surface area contributed by atoms with Gasteiger partial charge >= 0.3 is 0 Å². The van der Waals surface area contributed by atoms with Crippen LogP contribution in [0.2, 0.25) is 0 Å². The van der Waals surface area contributed by atoms with Crippen molar-refractivity contribution in [3.63, 3.8) is 0 Å². The summed E-state index contributed by atoms with van der Waals surface area (Å²) in [6.45, 7) is 0. The van der Waals surface area contributed by atoms with Crippen LogP contribution >= 0.6 is 0 Å². The molecular formula is C17H14BNO. The number of hydrogen-bond acceptors (Lipinski definition) is 2. The number of carbonyl (C=O) groups excluding carboxylic acids is 1. The number of rotatable bonds is 4. The zero-order valence-corrected chi connectivity index (χ0v) is 11.0. The molecule has 2 radical (unpaired) electrons. The van der Waals surface area contributed by atoms with E-state index in [-0.39, 0.29) is 5.78 Å². The first-order valence-corrected chi connectivity index (χ1v) is 6.65. The predicted molar refractivity (Wildman–Crippen MR) is 82.7 cm³/mol. The minimum Gasteiger partial charge on any atom is -0.383 e. The zero-order valence-electron chi connectivity index (χ0n) is 11.0. The van der Waals surface area contributed by atoms with E-state index < -0.39 is 5.94 Å². The van der Waals surface area contributed by atoms with E-state index in [0.717, 1.165) is 23.2 Å². The van der Waals surface area contributed by atoms with Gasteiger partial charge in [-0.15, -0.1) is 0 Å². The fourth-order valence-electron chi connectivity index (χ4n) is 2.46. The van der Waals surface area contributed by atoms with Crippen molar-refractivity contribution in [2.24, 2.45) is 0 Å². The molecule has 0 fully saturated rings. The number of hydrogen-bond donors (Lipinski definition) is 1. The number of fused-ring (bicyclic) bond motifs is 1. The third-order valence-electron chi connectivity index (χ3n) is 3.48. The van der Waals surface area contributed by atoms with Gasteiger partial charge in [0.2, 0.25) is 0 Å². The van der Waals surface area contributed by atoms with Gasteiger partial charge in [0.25, 0.3) is 0 Å². The number of benzene rings is 2. The zero-order chi connectivity index (χ0) is 13.9. The molecule has 0 aliphatic heterocycles. The van der Waals surface area contributed by atoms with E-state index in [4.69, 9.17) is 7.85 Å². The monoisotopic (exact) mass is 259 g/mol. The largest absolute Gasteiger partial charge is 0.383 e. The molecule has 0 bridgehead atoms. The molecule has 3 rings (SSSR count). The number of Topliss-reactive ketones (excluding diaryl/α,β-unsaturated/α-hetero) is 1. The molecule has 1 unspecified atom stereocenters. The number of ketones is 1. The molecule has 0 heterocycles. The van der Waals surface area contributed by atoms with E-state index in [1.54, 1.807) is 0 Å². The molecule has 20 heavy (non-hydrogen) atoms. The van der Waals surface area contributed by atoms with Crippen molar-refractivity contribution in [1.29, 1.82) is 0 Å². The average Bonchev–Trinajstić information content (AvgIpc) is 2.91. The molecule has 0 saturated carbocycles. The molecule has 0 aromatic heterocycles. The second-order valence-corrected chi connectivity index (χ2v) is 4.83. The molecule has 2 aromatic carbocycles. The number of anilines is 1. The van der Waals surface area contributed by atoms with Gasteiger partial charge in [-0.2, -0.15) is 0 Å². The summed E-state index contributed by atoms with van der Waals surface area (Å²) in [5.74, 6) is -0.798. The second-order valence-electron chi connectivity index (χ2n) is 4.83. The Morgan fingerprint density at radius 1 is 1.05 bits per heavy atom. The molecule has 2 aromatic rings. The van der Waals surface area contributed by atoms with E-state index in [2.05, 4.69) is 5.32 Å². The highest BCUT2D eigenvalue weighted by molar-refractivity contribution is 6.38. The van der Waals surface area contributed by atoms with Crippen LogP contribution in [0.25, 0.3) is 5.57 Å². The topological polar surface area (TPSA) is 29.1 Å². The quantitative estimate of drug-likeness (QED) is 0.855. The van der Waals surface area contributed by atoms with Crippen molar-refractivity contribution in [1.82, 2.24) is 0 Å². The number of para-hydroxylation sites is 1. The van der Waals surface area contributed by atoms with Gasteiger partial charge in [-0.05, 0) is 29.7 Å². The first-order valence-electron chi connectivity index (χ1n) is 6.65. The Morgan fingerprint density at radius 2 is 1.75 bits per heavy atom. The van der Waals surface area contributed by atoms with Crippen molar-refractivity contribution in [2.45, 2.75) is 12.4 Å². The molecule has 1 aliphatic rings. The van der Waals surface area contributed by atoms with E-state index in [1.165, 1.54) is 5.56 Å². The molecule has 96 valence electrons. The predicted octanol–water partition coefficient (Wildman–Crippen LogP) is 2.80. The van der Waals surface area contributed by atoms with Crippen LogP contribution in [0.3, 0.4) is 0 Å². The van der Waals surface area contributed by atoms with Crippen LogP contribution in [0.5, 0.6) is 0 Å². The number of allylic oxidation sites excluding steroid dienone is 1. The Morgan fingerprint density at radius 3 is 2.55 bits per heavy atom. The van der Waals surface area contributed by atoms with Crippen molar-refractivity contribution in [3.8, 4) is 0 Å². The van der Waals surface area contributed by atoms with Crippen molar-refractivity contribution >= 4 is 24.9 Å². The Labute approximate surface area is 119 Å². The first-order chi connectivity index (χ1) is 9.75. The molecule has 0 saturated heterocycles. The minimum absolute atomic E-state index is 0.0706. The highest BCUT2D eigenvalue weighted by Gasteiger charge is 2.23. The van der Waals surface area contributed by atoms with Crippen LogP contribution in [-0.4, -0.2) is 19.6 Å². The van der Waals surface area contributed by atoms with Crippen LogP contribution in [0, 0.1) is 0 Å². The summed E-state index contributed by atoms with van der Waals surface area (Å²) in [6.07, 6.45) is 2.76. The third kappa shape index (κ3) is 2.39. The fraction of sp³-hybridized carbons (Fsp3) is 0.118. The summed E-state index contributed by atoms with van der Waals surface area (Å²) in [5, 5.41) is 3.04. The average molecular weight is 259 g/mol. The van der Waals surface area contributed by atoms with Gasteiger partial charge in [0.1, 0.15) is 7.85 Å². The summed E-state index contributed by atoms with van der Waals surface area (Å²) in [4.78, 5) is 12.5. The lowest BCUT2D eigenvalue weighted by atomic mass is 9.86. The molecule has 0 spiro atoms. The highest BCUT2D eigenvalue weighted by Crippen LogP contribution is 2.28. The number of carbonyl (C=O) groups is 1. The van der Waals surface area contributed by atoms with Crippen LogP contribution < -0.4 is 5.32 Å². The van der Waals surface area contributed by atoms with Crippen LogP contribution in [0.1, 0.15) is 11.1 Å². The standard InChI is InChI=1S/C17H14BNO/c18-17(19-13-7-2-1-3-8-13)16(20)15-11-10-12-6-4-5-9-14(12)15/h1-9,11,17,19H,10H2. The van der Waals surface area contributed by atoms with Gasteiger partial charge in [0.15, 0.2) is 5.78 Å². The van der Waals surface area contributed by atoms with E-state index >= 15 is 0 Å². The van der Waals surface area contributed by atoms with Gasteiger partial charge in [-0.3, -0.25) is 4.79 Å². The maximum Gasteiger partial charge on any atom is 0.175 e. The lowest BCUT2D eigenvalue weighted by molar-refractivity contribution is -0.113. The number of nitrogens with one attached hydrogen (secondary N) is 1. The summed E-state index contributed by atoms with van der Waals surface area (Å²) >= 11 is 0. The Balaban J connectivity index is 1.77. The molecule has 3 heteroatoms. The van der Waals surface area contributed by atoms with Gasteiger partial charge in [0, 0.05) is 17.2 Å². The van der Waals surface area contributed by atoms with Crippen LogP contribution in [0.4, 0.5) is 5.69 Å². The van der Waals surface area contributed by atoms with E-state index in [9.17, 15) is 4.79 Å². The maximum atomic E-state index is 12.5. The molecule has 1 N–H and O–H groups in total. The normalized spacial score (nSPS) is 14.3. The van der Waals surface area contributed by atoms with E-state index in [0.29, 0.717) is 0 Å².